The molecule has 3 aromatic rings. The van der Waals surface area contributed by atoms with Gasteiger partial charge in [-0.25, -0.2) is 4.39 Å². The minimum atomic E-state index is -0.671. The lowest BCUT2D eigenvalue weighted by Gasteiger charge is -2.06. The van der Waals surface area contributed by atoms with Crippen LogP contribution >= 0.6 is 23.2 Å². The normalized spacial score (nSPS) is 10.6. The van der Waals surface area contributed by atoms with Gasteiger partial charge in [-0.05, 0) is 24.3 Å². The number of hydrogen-bond acceptors (Lipinski definition) is 4. The van der Waals surface area contributed by atoms with Crippen molar-refractivity contribution in [1.29, 1.82) is 0 Å². The van der Waals surface area contributed by atoms with Gasteiger partial charge in [-0.15, -0.1) is 0 Å². The number of anilines is 1. The number of benzene rings is 2. The Hall–Kier alpha value is -2.97. The van der Waals surface area contributed by atoms with Crippen molar-refractivity contribution >= 4 is 40.5 Å². The van der Waals surface area contributed by atoms with E-state index in [-0.39, 0.29) is 33.4 Å². The third-order valence-electron chi connectivity index (χ3n) is 3.68. The van der Waals surface area contributed by atoms with Gasteiger partial charge in [0.05, 0.1) is 23.4 Å². The Bertz CT molecular complexity index is 1020. The van der Waals surface area contributed by atoms with Crippen molar-refractivity contribution in [2.24, 2.45) is 0 Å². The number of carbonyl (C=O) groups is 1. The van der Waals surface area contributed by atoms with E-state index in [0.29, 0.717) is 5.69 Å². The molecule has 0 fully saturated rings. The summed E-state index contributed by atoms with van der Waals surface area (Å²) in [6.45, 7) is 0.0772. The van der Waals surface area contributed by atoms with Gasteiger partial charge in [-0.2, -0.15) is 5.10 Å². The van der Waals surface area contributed by atoms with E-state index in [9.17, 15) is 19.3 Å². The van der Waals surface area contributed by atoms with Gasteiger partial charge < -0.3 is 5.32 Å². The van der Waals surface area contributed by atoms with Crippen LogP contribution in [0.3, 0.4) is 0 Å². The van der Waals surface area contributed by atoms with Gasteiger partial charge in [0.25, 0.3) is 11.6 Å². The maximum atomic E-state index is 13.8. The molecule has 3 rings (SSSR count). The number of nitrogens with zero attached hydrogens (tertiary/aromatic N) is 3. The maximum Gasteiger partial charge on any atom is 0.288 e. The lowest BCUT2D eigenvalue weighted by Crippen LogP contribution is -2.12. The summed E-state index contributed by atoms with van der Waals surface area (Å²) in [7, 11) is 0. The van der Waals surface area contributed by atoms with Gasteiger partial charge in [-0.1, -0.05) is 29.3 Å². The van der Waals surface area contributed by atoms with E-state index < -0.39 is 16.6 Å². The fourth-order valence-electron chi connectivity index (χ4n) is 2.36. The van der Waals surface area contributed by atoms with Gasteiger partial charge in [0.2, 0.25) is 0 Å². The Balaban J connectivity index is 1.75. The number of nitro benzene ring substituents is 1. The smallest absolute Gasteiger partial charge is 0.288 e. The van der Waals surface area contributed by atoms with Crippen LogP contribution in [0.5, 0.6) is 0 Å². The van der Waals surface area contributed by atoms with Crippen LogP contribution in [0.25, 0.3) is 0 Å². The first-order valence-corrected chi connectivity index (χ1v) is 8.31. The maximum absolute atomic E-state index is 13.8. The van der Waals surface area contributed by atoms with Crippen molar-refractivity contribution in [2.75, 3.05) is 5.32 Å². The van der Waals surface area contributed by atoms with Crippen LogP contribution in [-0.4, -0.2) is 20.6 Å². The molecule has 0 bridgehead atoms. The van der Waals surface area contributed by atoms with Crippen LogP contribution < -0.4 is 5.32 Å². The van der Waals surface area contributed by atoms with Crippen LogP contribution in [0.15, 0.2) is 48.8 Å². The molecule has 1 N–H and O–H groups in total. The molecule has 0 spiro atoms. The first-order valence-electron chi connectivity index (χ1n) is 7.56. The minimum Gasteiger partial charge on any atom is -0.319 e. The molecule has 0 radical (unpaired) electrons. The number of hydrogen-bond donors (Lipinski definition) is 1. The lowest BCUT2D eigenvalue weighted by molar-refractivity contribution is -0.384. The van der Waals surface area contributed by atoms with E-state index in [1.807, 2.05) is 0 Å². The molecule has 0 atom stereocenters. The van der Waals surface area contributed by atoms with Crippen LogP contribution in [0.1, 0.15) is 15.9 Å². The number of amides is 1. The fraction of sp³-hybridized carbons (Fsp3) is 0.0588. The Morgan fingerprint density at radius 3 is 2.74 bits per heavy atom. The molecule has 1 aromatic heterocycles. The standard InChI is InChI=1S/C17H11Cl2FN4O3/c18-13-2-1-3-15(20)12(13)9-23-8-11(7-21-23)22-17(25)10-4-5-14(19)16(6-10)24(26)27/h1-8H,9H2,(H,22,25). The van der Waals surface area contributed by atoms with E-state index in [0.717, 1.165) is 6.07 Å². The van der Waals surface area contributed by atoms with E-state index in [1.165, 1.54) is 41.3 Å². The van der Waals surface area contributed by atoms with Crippen molar-refractivity contribution in [1.82, 2.24) is 9.78 Å². The molecule has 10 heteroatoms. The molecular formula is C17H11Cl2FN4O3. The molecule has 0 saturated carbocycles. The van der Waals surface area contributed by atoms with E-state index in [2.05, 4.69) is 10.4 Å². The molecule has 0 unspecified atom stereocenters. The third kappa shape index (κ3) is 4.24. The molecule has 0 aliphatic carbocycles. The monoisotopic (exact) mass is 408 g/mol. The van der Waals surface area contributed by atoms with Crippen LogP contribution in [0.2, 0.25) is 10.0 Å². The summed E-state index contributed by atoms with van der Waals surface area (Å²) in [5.74, 6) is -1.03. The average Bonchev–Trinajstić information content (AvgIpc) is 3.05. The number of halogens is 3. The predicted molar refractivity (Wildman–Crippen MR) is 98.8 cm³/mol. The first kappa shape index (κ1) is 18.8. The van der Waals surface area contributed by atoms with Crippen molar-refractivity contribution < 1.29 is 14.1 Å². The molecule has 0 saturated heterocycles. The summed E-state index contributed by atoms with van der Waals surface area (Å²) in [5.41, 5.74) is 0.309. The van der Waals surface area contributed by atoms with Gasteiger partial charge in [-0.3, -0.25) is 19.6 Å². The highest BCUT2D eigenvalue weighted by molar-refractivity contribution is 6.32. The molecule has 138 valence electrons. The summed E-state index contributed by atoms with van der Waals surface area (Å²) in [5, 5.41) is 17.7. The SMILES string of the molecule is O=C(Nc1cnn(Cc2c(F)cccc2Cl)c1)c1ccc(Cl)c([N+](=O)[O-])c1. The molecular weight excluding hydrogens is 398 g/mol. The van der Waals surface area contributed by atoms with Crippen molar-refractivity contribution in [3.8, 4) is 0 Å². The van der Waals surface area contributed by atoms with Crippen molar-refractivity contribution in [3.05, 3.63) is 85.9 Å². The van der Waals surface area contributed by atoms with E-state index in [4.69, 9.17) is 23.2 Å². The number of nitrogens with one attached hydrogen (secondary N) is 1. The number of rotatable bonds is 5. The molecule has 7 nitrogen and oxygen atoms in total. The predicted octanol–water partition coefficient (Wildman–Crippen LogP) is 4.54. The van der Waals surface area contributed by atoms with E-state index >= 15 is 0 Å². The Morgan fingerprint density at radius 2 is 2.04 bits per heavy atom. The summed E-state index contributed by atoms with van der Waals surface area (Å²) in [6, 6.07) is 8.09. The second kappa shape index (κ2) is 7.73. The largest absolute Gasteiger partial charge is 0.319 e. The second-order valence-corrected chi connectivity index (χ2v) is 6.32. The zero-order valence-corrected chi connectivity index (χ0v) is 15.0. The zero-order valence-electron chi connectivity index (χ0n) is 13.5. The highest BCUT2D eigenvalue weighted by atomic mass is 35.5. The van der Waals surface area contributed by atoms with Gasteiger partial charge in [0.15, 0.2) is 0 Å². The molecule has 0 aliphatic rings. The number of carbonyl (C=O) groups excluding carboxylic acids is 1. The Morgan fingerprint density at radius 1 is 1.26 bits per heavy atom. The number of nitro groups is 1. The summed E-state index contributed by atoms with van der Waals surface area (Å²) in [4.78, 5) is 22.5. The van der Waals surface area contributed by atoms with Crippen molar-refractivity contribution in [3.63, 3.8) is 0 Å². The minimum absolute atomic E-state index is 0.0638. The highest BCUT2D eigenvalue weighted by Crippen LogP contribution is 2.25. The summed E-state index contributed by atoms with van der Waals surface area (Å²) < 4.78 is 15.3. The second-order valence-electron chi connectivity index (χ2n) is 5.50. The molecule has 0 aliphatic heterocycles. The Kier molecular flexibility index (Phi) is 5.38. The summed E-state index contributed by atoms with van der Waals surface area (Å²) >= 11 is 11.7. The van der Waals surface area contributed by atoms with Gasteiger partial charge >= 0.3 is 0 Å². The lowest BCUT2D eigenvalue weighted by atomic mass is 10.2. The van der Waals surface area contributed by atoms with Gasteiger partial charge in [0, 0.05) is 28.4 Å². The quantitative estimate of drug-likeness (QED) is 0.495. The molecule has 1 heterocycles. The van der Waals surface area contributed by atoms with Crippen LogP contribution in [0, 0.1) is 15.9 Å². The van der Waals surface area contributed by atoms with E-state index in [1.54, 1.807) is 6.07 Å². The topological polar surface area (TPSA) is 90.1 Å². The fourth-order valence-corrected chi connectivity index (χ4v) is 2.77. The average molecular weight is 409 g/mol. The highest BCUT2D eigenvalue weighted by Gasteiger charge is 2.17. The molecule has 1 amide bonds. The van der Waals surface area contributed by atoms with Gasteiger partial charge in [0.1, 0.15) is 10.8 Å². The molecule has 2 aromatic carbocycles. The van der Waals surface area contributed by atoms with Crippen molar-refractivity contribution in [2.45, 2.75) is 6.54 Å². The first-order chi connectivity index (χ1) is 12.8. The third-order valence-corrected chi connectivity index (χ3v) is 4.35. The summed E-state index contributed by atoms with van der Waals surface area (Å²) in [6.07, 6.45) is 2.86. The number of aromatic nitrogens is 2. The zero-order chi connectivity index (χ0) is 19.6. The Labute approximate surface area is 162 Å². The molecule has 27 heavy (non-hydrogen) atoms. The van der Waals surface area contributed by atoms with Crippen LogP contribution in [0.4, 0.5) is 15.8 Å². The van der Waals surface area contributed by atoms with Crippen LogP contribution in [-0.2, 0) is 6.54 Å².